The van der Waals surface area contributed by atoms with Crippen LogP contribution in [0.5, 0.6) is 0 Å². The van der Waals surface area contributed by atoms with E-state index in [-0.39, 0.29) is 0 Å². The minimum atomic E-state index is 0.482. The van der Waals surface area contributed by atoms with Crippen molar-refractivity contribution in [3.63, 3.8) is 0 Å². The van der Waals surface area contributed by atoms with E-state index < -0.39 is 0 Å². The lowest BCUT2D eigenvalue weighted by Crippen LogP contribution is -2.05. The van der Waals surface area contributed by atoms with E-state index >= 15 is 0 Å². The lowest BCUT2D eigenvalue weighted by atomic mass is 10.1. The fourth-order valence-electron chi connectivity index (χ4n) is 1.18. The molecule has 0 bridgehead atoms. The Morgan fingerprint density at radius 1 is 1.42 bits per heavy atom. The standard InChI is InChI=1S/C10H10OS/c1-2-8-12-10(3-1)9-4-6-11-7-5-9/h1-6,8,10H,7H2. The van der Waals surface area contributed by atoms with Gasteiger partial charge in [-0.3, -0.25) is 0 Å². The lowest BCUT2D eigenvalue weighted by molar-refractivity contribution is 0.284. The average molecular weight is 178 g/mol. The van der Waals surface area contributed by atoms with E-state index in [1.807, 2.05) is 17.8 Å². The third-order valence-electron chi connectivity index (χ3n) is 1.80. The van der Waals surface area contributed by atoms with Crippen LogP contribution in [0, 0.1) is 0 Å². The molecule has 1 atom stereocenters. The van der Waals surface area contributed by atoms with Crippen molar-refractivity contribution in [3.8, 4) is 0 Å². The predicted molar refractivity (Wildman–Crippen MR) is 52.8 cm³/mol. The van der Waals surface area contributed by atoms with Crippen LogP contribution in [-0.4, -0.2) is 11.9 Å². The quantitative estimate of drug-likeness (QED) is 0.610. The summed E-state index contributed by atoms with van der Waals surface area (Å²) in [5.41, 5.74) is 1.34. The van der Waals surface area contributed by atoms with Crippen molar-refractivity contribution in [2.45, 2.75) is 5.25 Å². The van der Waals surface area contributed by atoms with E-state index in [0.717, 1.165) is 0 Å². The van der Waals surface area contributed by atoms with Gasteiger partial charge in [0.05, 0.1) is 11.5 Å². The van der Waals surface area contributed by atoms with Gasteiger partial charge in [0.15, 0.2) is 0 Å². The van der Waals surface area contributed by atoms with Crippen molar-refractivity contribution >= 4 is 11.8 Å². The van der Waals surface area contributed by atoms with Crippen molar-refractivity contribution in [2.24, 2.45) is 0 Å². The van der Waals surface area contributed by atoms with Crippen LogP contribution in [0.15, 0.2) is 47.6 Å². The van der Waals surface area contributed by atoms with E-state index in [9.17, 15) is 0 Å². The molecule has 2 heteroatoms. The van der Waals surface area contributed by atoms with Gasteiger partial charge >= 0.3 is 0 Å². The van der Waals surface area contributed by atoms with E-state index in [2.05, 4.69) is 29.7 Å². The van der Waals surface area contributed by atoms with Gasteiger partial charge in [0.25, 0.3) is 0 Å². The number of ether oxygens (including phenoxy) is 1. The summed E-state index contributed by atoms with van der Waals surface area (Å²) < 4.78 is 5.08. The van der Waals surface area contributed by atoms with Crippen molar-refractivity contribution in [2.75, 3.05) is 6.61 Å². The Morgan fingerprint density at radius 2 is 2.42 bits per heavy atom. The number of allylic oxidation sites excluding steroid dienone is 3. The minimum absolute atomic E-state index is 0.482. The molecule has 2 heterocycles. The molecule has 0 aromatic carbocycles. The zero-order valence-electron chi connectivity index (χ0n) is 6.64. The van der Waals surface area contributed by atoms with Crippen molar-refractivity contribution in [1.82, 2.24) is 0 Å². The molecule has 0 radical (unpaired) electrons. The van der Waals surface area contributed by atoms with E-state index in [4.69, 9.17) is 4.74 Å². The van der Waals surface area contributed by atoms with Crippen molar-refractivity contribution < 1.29 is 4.74 Å². The SMILES string of the molecule is C1=CSC(C2=CCOC=C2)C=C1. The molecule has 0 aromatic heterocycles. The summed E-state index contributed by atoms with van der Waals surface area (Å²) in [6.07, 6.45) is 12.3. The van der Waals surface area contributed by atoms with Gasteiger partial charge in [0.2, 0.25) is 0 Å². The van der Waals surface area contributed by atoms with Gasteiger partial charge in [-0.25, -0.2) is 0 Å². The zero-order valence-corrected chi connectivity index (χ0v) is 7.46. The summed E-state index contributed by atoms with van der Waals surface area (Å²) in [6.45, 7) is 0.709. The molecule has 0 saturated carbocycles. The molecule has 0 spiro atoms. The Labute approximate surface area is 76.5 Å². The Hall–Kier alpha value is -0.890. The Bertz CT molecular complexity index is 274. The van der Waals surface area contributed by atoms with Crippen LogP contribution in [-0.2, 0) is 4.74 Å². The fourth-order valence-corrected chi connectivity index (χ4v) is 2.05. The lowest BCUT2D eigenvalue weighted by Gasteiger charge is -2.16. The smallest absolute Gasteiger partial charge is 0.106 e. The van der Waals surface area contributed by atoms with Gasteiger partial charge in [0, 0.05) is 0 Å². The highest BCUT2D eigenvalue weighted by atomic mass is 32.2. The van der Waals surface area contributed by atoms with Crippen LogP contribution >= 0.6 is 11.8 Å². The summed E-state index contributed by atoms with van der Waals surface area (Å²) in [5, 5.41) is 2.60. The molecule has 12 heavy (non-hydrogen) atoms. The third-order valence-corrected chi connectivity index (χ3v) is 2.84. The zero-order chi connectivity index (χ0) is 8.23. The molecule has 0 amide bonds. The van der Waals surface area contributed by atoms with Gasteiger partial charge in [-0.2, -0.15) is 0 Å². The summed E-state index contributed by atoms with van der Waals surface area (Å²) in [5.74, 6) is 0. The molecule has 2 rings (SSSR count). The van der Waals surface area contributed by atoms with Gasteiger partial charge < -0.3 is 4.74 Å². The topological polar surface area (TPSA) is 9.23 Å². The number of thioether (sulfide) groups is 1. The maximum Gasteiger partial charge on any atom is 0.106 e. The molecule has 62 valence electrons. The third kappa shape index (κ3) is 1.64. The number of hydrogen-bond donors (Lipinski definition) is 0. The Balaban J connectivity index is 2.09. The van der Waals surface area contributed by atoms with Crippen molar-refractivity contribution in [1.29, 1.82) is 0 Å². The van der Waals surface area contributed by atoms with Crippen LogP contribution in [0.1, 0.15) is 0 Å². The highest BCUT2D eigenvalue weighted by Gasteiger charge is 2.10. The van der Waals surface area contributed by atoms with E-state index in [0.29, 0.717) is 11.9 Å². The van der Waals surface area contributed by atoms with Crippen LogP contribution in [0.2, 0.25) is 0 Å². The molecule has 0 saturated heterocycles. The molecule has 1 nitrogen and oxygen atoms in total. The summed E-state index contributed by atoms with van der Waals surface area (Å²) in [6, 6.07) is 0. The van der Waals surface area contributed by atoms with Crippen LogP contribution < -0.4 is 0 Å². The average Bonchev–Trinajstić information content (AvgIpc) is 2.21. The molecule has 1 unspecified atom stereocenters. The Morgan fingerprint density at radius 3 is 3.08 bits per heavy atom. The first-order valence-corrected chi connectivity index (χ1v) is 4.88. The van der Waals surface area contributed by atoms with Gasteiger partial charge in [-0.1, -0.05) is 18.2 Å². The summed E-state index contributed by atoms with van der Waals surface area (Å²) >= 11 is 1.83. The molecule has 0 N–H and O–H groups in total. The summed E-state index contributed by atoms with van der Waals surface area (Å²) in [4.78, 5) is 0. The van der Waals surface area contributed by atoms with Gasteiger partial charge in [0.1, 0.15) is 6.61 Å². The van der Waals surface area contributed by atoms with Gasteiger partial charge in [-0.15, -0.1) is 11.8 Å². The number of hydrogen-bond acceptors (Lipinski definition) is 2. The number of rotatable bonds is 1. The second kappa shape index (κ2) is 3.68. The minimum Gasteiger partial charge on any atom is -0.497 e. The van der Waals surface area contributed by atoms with Crippen molar-refractivity contribution in [3.05, 3.63) is 47.6 Å². The molecule has 0 fully saturated rings. The second-order valence-electron chi connectivity index (χ2n) is 2.61. The second-order valence-corrected chi connectivity index (χ2v) is 3.66. The summed E-state index contributed by atoms with van der Waals surface area (Å²) in [7, 11) is 0. The van der Waals surface area contributed by atoms with E-state index in [1.165, 1.54) is 5.57 Å². The molecule has 2 aliphatic heterocycles. The predicted octanol–water partition coefficient (Wildman–Crippen LogP) is 2.64. The van der Waals surface area contributed by atoms with Gasteiger partial charge in [-0.05, 0) is 23.1 Å². The highest BCUT2D eigenvalue weighted by molar-refractivity contribution is 8.03. The first-order chi connectivity index (χ1) is 5.97. The first-order valence-electron chi connectivity index (χ1n) is 3.94. The normalized spacial score (nSPS) is 26.7. The Kier molecular flexibility index (Phi) is 2.37. The first kappa shape index (κ1) is 7.74. The molecular formula is C10H10OS. The molecule has 0 aromatic rings. The largest absolute Gasteiger partial charge is 0.497 e. The molecule has 2 aliphatic rings. The molecule has 0 aliphatic carbocycles. The van der Waals surface area contributed by atoms with E-state index in [1.54, 1.807) is 6.26 Å². The van der Waals surface area contributed by atoms with Crippen LogP contribution in [0.25, 0.3) is 0 Å². The highest BCUT2D eigenvalue weighted by Crippen LogP contribution is 2.26. The monoisotopic (exact) mass is 178 g/mol. The van der Waals surface area contributed by atoms with Crippen LogP contribution in [0.3, 0.4) is 0 Å². The fraction of sp³-hybridized carbons (Fsp3) is 0.200. The maximum absolute atomic E-state index is 5.08. The maximum atomic E-state index is 5.08. The van der Waals surface area contributed by atoms with Crippen LogP contribution in [0.4, 0.5) is 0 Å². The molecular weight excluding hydrogens is 168 g/mol.